The Morgan fingerprint density at radius 3 is 2.67 bits per heavy atom. The van der Waals surface area contributed by atoms with Gasteiger partial charge in [-0.25, -0.2) is 0 Å². The molecular weight excluding hydrogens is 402 g/mol. The van der Waals surface area contributed by atoms with Crippen LogP contribution in [0.3, 0.4) is 0 Å². The topological polar surface area (TPSA) is 70.7 Å². The smallest absolute Gasteiger partial charge is 0.268 e. The molecule has 2 amide bonds. The molecule has 1 aromatic rings. The highest BCUT2D eigenvalue weighted by atomic mass is 35.5. The number of nitrogens with zero attached hydrogens (tertiary/aromatic N) is 1. The number of benzene rings is 1. The van der Waals surface area contributed by atoms with Crippen LogP contribution in [0.25, 0.3) is 0 Å². The van der Waals surface area contributed by atoms with E-state index in [4.69, 9.17) is 16.3 Å². The van der Waals surface area contributed by atoms with E-state index < -0.39 is 0 Å². The molecule has 2 aliphatic carbocycles. The molecule has 1 heterocycles. The molecule has 3 aliphatic rings. The Morgan fingerprint density at radius 2 is 2.00 bits per heavy atom. The number of methoxy groups -OCH3 is 1. The van der Waals surface area contributed by atoms with Gasteiger partial charge in [0.1, 0.15) is 5.70 Å². The van der Waals surface area contributed by atoms with Crippen molar-refractivity contribution in [1.82, 2.24) is 15.5 Å². The van der Waals surface area contributed by atoms with Gasteiger partial charge in [0.2, 0.25) is 0 Å². The average Bonchev–Trinajstić information content (AvgIpc) is 3.40. The molecule has 7 heteroatoms. The second-order valence-corrected chi connectivity index (χ2v) is 8.49. The van der Waals surface area contributed by atoms with E-state index in [1.54, 1.807) is 19.1 Å². The third kappa shape index (κ3) is 4.16. The number of likely N-dealkylation sites (N-methyl/N-ethyl adjacent to an activating group) is 1. The molecule has 30 heavy (non-hydrogen) atoms. The molecule has 0 aromatic heterocycles. The van der Waals surface area contributed by atoms with Crippen molar-refractivity contribution in [3.63, 3.8) is 0 Å². The monoisotopic (exact) mass is 427 g/mol. The molecule has 4 rings (SSSR count). The second-order valence-electron chi connectivity index (χ2n) is 8.06. The van der Waals surface area contributed by atoms with Gasteiger partial charge in [0.25, 0.3) is 11.8 Å². The molecule has 0 radical (unpaired) electrons. The predicted molar refractivity (Wildman–Crippen MR) is 116 cm³/mol. The summed E-state index contributed by atoms with van der Waals surface area (Å²) in [6.45, 7) is 1.04. The average molecular weight is 428 g/mol. The standard InChI is InChI=1S/C23H26ClN3O3/c1-27(11-12-30-2)22(29)15-3-5-17(6-4-15)23(9-10-23)26-21(28)20-14-16-13-18(24)7-8-19(16)25-20/h3-7,13-14,19,25H,8-12H2,1-2H3,(H,26,28). The van der Waals surface area contributed by atoms with E-state index in [1.807, 2.05) is 42.5 Å². The minimum absolute atomic E-state index is 0.0454. The molecule has 1 unspecified atom stereocenters. The zero-order valence-corrected chi connectivity index (χ0v) is 18.0. The molecule has 158 valence electrons. The number of nitrogens with one attached hydrogen (secondary N) is 2. The first-order valence-electron chi connectivity index (χ1n) is 10.1. The third-order valence-electron chi connectivity index (χ3n) is 5.91. The second kappa shape index (κ2) is 8.28. The van der Waals surface area contributed by atoms with Crippen molar-refractivity contribution in [2.75, 3.05) is 27.3 Å². The van der Waals surface area contributed by atoms with Crippen LogP contribution >= 0.6 is 11.6 Å². The van der Waals surface area contributed by atoms with Gasteiger partial charge >= 0.3 is 0 Å². The van der Waals surface area contributed by atoms with Crippen molar-refractivity contribution in [1.29, 1.82) is 0 Å². The number of ether oxygens (including phenoxy) is 1. The van der Waals surface area contributed by atoms with E-state index in [0.29, 0.717) is 29.4 Å². The van der Waals surface area contributed by atoms with E-state index in [0.717, 1.165) is 30.4 Å². The van der Waals surface area contributed by atoms with Gasteiger partial charge in [-0.1, -0.05) is 29.8 Å². The van der Waals surface area contributed by atoms with Crippen LogP contribution in [0.4, 0.5) is 0 Å². The van der Waals surface area contributed by atoms with Gasteiger partial charge in [-0.05, 0) is 54.7 Å². The SMILES string of the molecule is COCCN(C)C(=O)c1ccc(C2(NC(=O)C3=CC4=CC(Cl)=CCC4N3)CC2)cc1. The first-order valence-corrected chi connectivity index (χ1v) is 10.5. The van der Waals surface area contributed by atoms with E-state index >= 15 is 0 Å². The van der Waals surface area contributed by atoms with Gasteiger partial charge in [0, 0.05) is 31.3 Å². The van der Waals surface area contributed by atoms with E-state index in [1.165, 1.54) is 0 Å². The van der Waals surface area contributed by atoms with Crippen LogP contribution < -0.4 is 10.6 Å². The summed E-state index contributed by atoms with van der Waals surface area (Å²) < 4.78 is 5.03. The maximum atomic E-state index is 12.9. The van der Waals surface area contributed by atoms with Gasteiger partial charge in [-0.15, -0.1) is 0 Å². The summed E-state index contributed by atoms with van der Waals surface area (Å²) in [4.78, 5) is 27.0. The van der Waals surface area contributed by atoms with Gasteiger partial charge in [0.05, 0.1) is 18.2 Å². The van der Waals surface area contributed by atoms with Crippen LogP contribution in [0, 0.1) is 0 Å². The Balaban J connectivity index is 1.42. The first kappa shape index (κ1) is 20.7. The first-order chi connectivity index (χ1) is 14.4. The molecule has 2 N–H and O–H groups in total. The molecular formula is C23H26ClN3O3. The zero-order chi connectivity index (χ0) is 21.3. The Kier molecular flexibility index (Phi) is 5.71. The van der Waals surface area contributed by atoms with Crippen molar-refractivity contribution in [2.45, 2.75) is 30.8 Å². The van der Waals surface area contributed by atoms with Crippen LogP contribution in [0.1, 0.15) is 35.2 Å². The van der Waals surface area contributed by atoms with E-state index in [2.05, 4.69) is 10.6 Å². The van der Waals surface area contributed by atoms with Crippen LogP contribution in [0.2, 0.25) is 0 Å². The van der Waals surface area contributed by atoms with Gasteiger partial charge in [0.15, 0.2) is 0 Å². The number of hydrogen-bond acceptors (Lipinski definition) is 4. The maximum Gasteiger partial charge on any atom is 0.268 e. The van der Waals surface area contributed by atoms with Crippen LogP contribution in [0.15, 0.2) is 58.8 Å². The van der Waals surface area contributed by atoms with E-state index in [-0.39, 0.29) is 23.4 Å². The fourth-order valence-electron chi connectivity index (χ4n) is 3.87. The summed E-state index contributed by atoms with van der Waals surface area (Å²) in [6.07, 6.45) is 8.27. The molecule has 1 saturated carbocycles. The molecule has 1 atom stereocenters. The normalized spacial score (nSPS) is 20.9. The number of amides is 2. The highest BCUT2D eigenvalue weighted by molar-refractivity contribution is 6.31. The molecule has 1 aromatic carbocycles. The van der Waals surface area contributed by atoms with Crippen molar-refractivity contribution in [3.8, 4) is 0 Å². The van der Waals surface area contributed by atoms with Crippen molar-refractivity contribution in [2.24, 2.45) is 0 Å². The number of rotatable bonds is 7. The summed E-state index contributed by atoms with van der Waals surface area (Å²) in [6, 6.07) is 7.64. The summed E-state index contributed by atoms with van der Waals surface area (Å²) in [5, 5.41) is 7.18. The largest absolute Gasteiger partial charge is 0.383 e. The van der Waals surface area contributed by atoms with Crippen LogP contribution in [0.5, 0.6) is 0 Å². The van der Waals surface area contributed by atoms with Crippen LogP contribution in [-0.4, -0.2) is 50.1 Å². The third-order valence-corrected chi connectivity index (χ3v) is 6.17. The lowest BCUT2D eigenvalue weighted by Gasteiger charge is -2.21. The minimum Gasteiger partial charge on any atom is -0.383 e. The molecule has 0 spiro atoms. The Labute approximate surface area is 181 Å². The Morgan fingerprint density at radius 1 is 1.27 bits per heavy atom. The van der Waals surface area contributed by atoms with Crippen LogP contribution in [-0.2, 0) is 15.1 Å². The fraction of sp³-hybridized carbons (Fsp3) is 0.391. The Bertz CT molecular complexity index is 945. The van der Waals surface area contributed by atoms with E-state index in [9.17, 15) is 9.59 Å². The van der Waals surface area contributed by atoms with Gasteiger partial charge in [-0.3, -0.25) is 9.59 Å². The quantitative estimate of drug-likeness (QED) is 0.702. The highest BCUT2D eigenvalue weighted by Crippen LogP contribution is 2.45. The molecule has 6 nitrogen and oxygen atoms in total. The lowest BCUT2D eigenvalue weighted by molar-refractivity contribution is -0.118. The lowest BCUT2D eigenvalue weighted by atomic mass is 10.0. The molecule has 0 bridgehead atoms. The summed E-state index contributed by atoms with van der Waals surface area (Å²) in [5.74, 6) is -0.158. The summed E-state index contributed by atoms with van der Waals surface area (Å²) in [7, 11) is 3.38. The number of hydrogen-bond donors (Lipinski definition) is 2. The molecule has 1 aliphatic heterocycles. The molecule has 0 saturated heterocycles. The van der Waals surface area contributed by atoms with Gasteiger partial charge < -0.3 is 20.3 Å². The minimum atomic E-state index is -0.360. The van der Waals surface area contributed by atoms with Crippen molar-refractivity contribution >= 4 is 23.4 Å². The number of fused-ring (bicyclic) bond motifs is 1. The highest BCUT2D eigenvalue weighted by Gasteiger charge is 2.46. The Hall–Kier alpha value is -2.57. The van der Waals surface area contributed by atoms with Gasteiger partial charge in [-0.2, -0.15) is 0 Å². The zero-order valence-electron chi connectivity index (χ0n) is 17.2. The maximum absolute atomic E-state index is 12.9. The summed E-state index contributed by atoms with van der Waals surface area (Å²) >= 11 is 6.08. The fourth-order valence-corrected chi connectivity index (χ4v) is 4.09. The number of carbonyl (C=O) groups excluding carboxylic acids is 2. The van der Waals surface area contributed by atoms with Crippen molar-refractivity contribution < 1.29 is 14.3 Å². The molecule has 1 fully saturated rings. The number of halogens is 1. The predicted octanol–water partition coefficient (Wildman–Crippen LogP) is 2.82. The number of allylic oxidation sites excluding steroid dienone is 2. The summed E-state index contributed by atoms with van der Waals surface area (Å²) in [5.41, 5.74) is 2.90. The number of carbonyl (C=O) groups is 2. The lowest BCUT2D eigenvalue weighted by Crippen LogP contribution is -2.39. The van der Waals surface area contributed by atoms with Crippen molar-refractivity contribution in [3.05, 3.63) is 69.9 Å².